The maximum atomic E-state index is 12.5. The van der Waals surface area contributed by atoms with Crippen molar-refractivity contribution in [3.8, 4) is 5.75 Å². The van der Waals surface area contributed by atoms with E-state index in [0.29, 0.717) is 12.0 Å². The second kappa shape index (κ2) is 6.36. The van der Waals surface area contributed by atoms with Crippen LogP contribution >= 0.6 is 15.9 Å². The molecule has 114 valence electrons. The summed E-state index contributed by atoms with van der Waals surface area (Å²) in [6.07, 6.45) is 6.00. The van der Waals surface area contributed by atoms with Gasteiger partial charge in [-0.2, -0.15) is 0 Å². The molecule has 2 fully saturated rings. The summed E-state index contributed by atoms with van der Waals surface area (Å²) < 4.78 is 6.07. The Kier molecular flexibility index (Phi) is 4.50. The highest BCUT2D eigenvalue weighted by molar-refractivity contribution is 9.10. The fourth-order valence-corrected chi connectivity index (χ4v) is 3.81. The molecule has 1 saturated heterocycles. The Morgan fingerprint density at radius 1 is 1.38 bits per heavy atom. The number of nitrogens with one attached hydrogen (secondary N) is 2. The van der Waals surface area contributed by atoms with E-state index >= 15 is 0 Å². The average Bonchev–Trinajstić information content (AvgIpc) is 2.93. The van der Waals surface area contributed by atoms with E-state index in [9.17, 15) is 4.79 Å². The van der Waals surface area contributed by atoms with Gasteiger partial charge in [-0.05, 0) is 53.2 Å². The molecule has 0 spiro atoms. The first-order valence-electron chi connectivity index (χ1n) is 7.58. The number of hydrogen-bond donors (Lipinski definition) is 2. The lowest BCUT2D eigenvalue weighted by molar-refractivity contribution is -0.117. The van der Waals surface area contributed by atoms with Crippen molar-refractivity contribution in [2.75, 3.05) is 12.4 Å². The molecule has 0 aromatic heterocycles. The third-order valence-electron chi connectivity index (χ3n) is 4.61. The first-order valence-corrected chi connectivity index (χ1v) is 8.37. The van der Waals surface area contributed by atoms with Crippen molar-refractivity contribution in [1.82, 2.24) is 5.32 Å². The Morgan fingerprint density at radius 3 is 2.95 bits per heavy atom. The van der Waals surface area contributed by atoms with Gasteiger partial charge in [0.2, 0.25) is 5.91 Å². The van der Waals surface area contributed by atoms with Crippen molar-refractivity contribution in [3.05, 3.63) is 22.7 Å². The minimum Gasteiger partial charge on any atom is -0.497 e. The lowest BCUT2D eigenvalue weighted by Crippen LogP contribution is -2.39. The van der Waals surface area contributed by atoms with Gasteiger partial charge in [-0.3, -0.25) is 4.79 Å². The standard InChI is InChI=1S/C16H21BrN2O2/c1-21-11-6-7-12(17)14(9-11)19-16(20)15-8-10-4-2-3-5-13(10)18-15/h6-7,9-10,13,15,18H,2-5,8H2,1H3,(H,19,20). The highest BCUT2D eigenvalue weighted by atomic mass is 79.9. The number of halogens is 1. The number of carbonyl (C=O) groups is 1. The van der Waals surface area contributed by atoms with E-state index in [1.807, 2.05) is 18.2 Å². The summed E-state index contributed by atoms with van der Waals surface area (Å²) in [5.74, 6) is 1.46. The number of amides is 1. The predicted molar refractivity (Wildman–Crippen MR) is 86.6 cm³/mol. The summed E-state index contributed by atoms with van der Waals surface area (Å²) in [5, 5.41) is 6.51. The van der Waals surface area contributed by atoms with E-state index in [1.165, 1.54) is 25.7 Å². The molecule has 1 amide bonds. The second-order valence-electron chi connectivity index (χ2n) is 5.94. The molecule has 1 aromatic rings. The van der Waals surface area contributed by atoms with Gasteiger partial charge in [0.15, 0.2) is 0 Å². The molecule has 1 saturated carbocycles. The Bertz CT molecular complexity index is 521. The maximum Gasteiger partial charge on any atom is 0.241 e. The fourth-order valence-electron chi connectivity index (χ4n) is 3.47. The Balaban J connectivity index is 1.66. The molecule has 4 nitrogen and oxygen atoms in total. The Morgan fingerprint density at radius 2 is 2.19 bits per heavy atom. The van der Waals surface area contributed by atoms with E-state index in [4.69, 9.17) is 4.74 Å². The summed E-state index contributed by atoms with van der Waals surface area (Å²) in [6, 6.07) is 6.04. The van der Waals surface area contributed by atoms with Crippen LogP contribution in [0.25, 0.3) is 0 Å². The van der Waals surface area contributed by atoms with E-state index in [0.717, 1.165) is 22.3 Å². The summed E-state index contributed by atoms with van der Waals surface area (Å²) in [6.45, 7) is 0. The third kappa shape index (κ3) is 3.24. The van der Waals surface area contributed by atoms with Gasteiger partial charge in [-0.15, -0.1) is 0 Å². The lowest BCUT2D eigenvalue weighted by Gasteiger charge is -2.24. The van der Waals surface area contributed by atoms with Crippen LogP contribution in [-0.4, -0.2) is 25.1 Å². The molecule has 21 heavy (non-hydrogen) atoms. The quantitative estimate of drug-likeness (QED) is 0.877. The zero-order chi connectivity index (χ0) is 14.8. The van der Waals surface area contributed by atoms with E-state index in [2.05, 4.69) is 26.6 Å². The number of anilines is 1. The van der Waals surface area contributed by atoms with E-state index in [-0.39, 0.29) is 11.9 Å². The second-order valence-corrected chi connectivity index (χ2v) is 6.80. The zero-order valence-corrected chi connectivity index (χ0v) is 13.8. The fraction of sp³-hybridized carbons (Fsp3) is 0.562. The van der Waals surface area contributed by atoms with Crippen molar-refractivity contribution in [2.24, 2.45) is 5.92 Å². The molecule has 2 aliphatic rings. The topological polar surface area (TPSA) is 50.4 Å². The molecule has 1 heterocycles. The van der Waals surface area contributed by atoms with Gasteiger partial charge in [0, 0.05) is 16.6 Å². The number of fused-ring (bicyclic) bond motifs is 1. The predicted octanol–water partition coefficient (Wildman–Crippen LogP) is 3.32. The molecule has 3 atom stereocenters. The van der Waals surface area contributed by atoms with Crippen LogP contribution in [0.4, 0.5) is 5.69 Å². The van der Waals surface area contributed by atoms with Gasteiger partial charge in [0.1, 0.15) is 5.75 Å². The van der Waals surface area contributed by atoms with Crippen molar-refractivity contribution >= 4 is 27.5 Å². The van der Waals surface area contributed by atoms with Gasteiger partial charge >= 0.3 is 0 Å². The summed E-state index contributed by atoms with van der Waals surface area (Å²) >= 11 is 3.47. The number of ether oxygens (including phenoxy) is 1. The number of benzene rings is 1. The molecular formula is C16H21BrN2O2. The van der Waals surface area contributed by atoms with Crippen LogP contribution in [0.1, 0.15) is 32.1 Å². The minimum atomic E-state index is -0.0730. The molecule has 1 aliphatic heterocycles. The van der Waals surface area contributed by atoms with Crippen LogP contribution in [0.2, 0.25) is 0 Å². The van der Waals surface area contributed by atoms with Crippen LogP contribution in [0.3, 0.4) is 0 Å². The van der Waals surface area contributed by atoms with Gasteiger partial charge < -0.3 is 15.4 Å². The molecule has 2 N–H and O–H groups in total. The Labute approximate surface area is 133 Å². The molecule has 1 aliphatic carbocycles. The number of hydrogen-bond acceptors (Lipinski definition) is 3. The van der Waals surface area contributed by atoms with Crippen LogP contribution in [0.15, 0.2) is 22.7 Å². The molecule has 0 bridgehead atoms. The number of carbonyl (C=O) groups excluding carboxylic acids is 1. The molecule has 3 rings (SSSR count). The van der Waals surface area contributed by atoms with E-state index < -0.39 is 0 Å². The molecule has 5 heteroatoms. The van der Waals surface area contributed by atoms with Gasteiger partial charge in [0.05, 0.1) is 18.8 Å². The smallest absolute Gasteiger partial charge is 0.241 e. The van der Waals surface area contributed by atoms with Gasteiger partial charge in [-0.25, -0.2) is 0 Å². The maximum absolute atomic E-state index is 12.5. The molecule has 0 radical (unpaired) electrons. The SMILES string of the molecule is COc1ccc(Br)c(NC(=O)C2CC3CCCCC3N2)c1. The normalized spacial score (nSPS) is 28.0. The van der Waals surface area contributed by atoms with Gasteiger partial charge in [-0.1, -0.05) is 12.8 Å². The Hall–Kier alpha value is -1.07. The molecular weight excluding hydrogens is 332 g/mol. The first-order chi connectivity index (χ1) is 10.2. The summed E-state index contributed by atoms with van der Waals surface area (Å²) in [7, 11) is 1.62. The zero-order valence-electron chi connectivity index (χ0n) is 12.2. The average molecular weight is 353 g/mol. The minimum absolute atomic E-state index is 0.0540. The van der Waals surface area contributed by atoms with Crippen molar-refractivity contribution in [2.45, 2.75) is 44.2 Å². The van der Waals surface area contributed by atoms with E-state index in [1.54, 1.807) is 7.11 Å². The number of rotatable bonds is 3. The highest BCUT2D eigenvalue weighted by Crippen LogP contribution is 2.34. The van der Waals surface area contributed by atoms with Gasteiger partial charge in [0.25, 0.3) is 0 Å². The monoisotopic (exact) mass is 352 g/mol. The highest BCUT2D eigenvalue weighted by Gasteiger charge is 2.38. The first kappa shape index (κ1) is 14.9. The van der Waals surface area contributed by atoms with Crippen LogP contribution < -0.4 is 15.4 Å². The van der Waals surface area contributed by atoms with Crippen LogP contribution in [0, 0.1) is 5.92 Å². The molecule has 1 aromatic carbocycles. The van der Waals surface area contributed by atoms with Crippen molar-refractivity contribution in [3.63, 3.8) is 0 Å². The summed E-state index contributed by atoms with van der Waals surface area (Å²) in [5.41, 5.74) is 0.760. The molecule has 3 unspecified atom stereocenters. The largest absolute Gasteiger partial charge is 0.497 e. The van der Waals surface area contributed by atoms with Crippen LogP contribution in [-0.2, 0) is 4.79 Å². The number of methoxy groups -OCH3 is 1. The van der Waals surface area contributed by atoms with Crippen molar-refractivity contribution < 1.29 is 9.53 Å². The summed E-state index contributed by atoms with van der Waals surface area (Å²) in [4.78, 5) is 12.5. The lowest BCUT2D eigenvalue weighted by atomic mass is 9.85. The van der Waals surface area contributed by atoms with Crippen LogP contribution in [0.5, 0.6) is 5.75 Å². The third-order valence-corrected chi connectivity index (χ3v) is 5.30. The van der Waals surface area contributed by atoms with Crippen molar-refractivity contribution in [1.29, 1.82) is 0 Å².